The van der Waals surface area contributed by atoms with E-state index in [9.17, 15) is 4.79 Å². The number of carboxylic acid groups (broad SMARTS) is 1. The van der Waals surface area contributed by atoms with Gasteiger partial charge in [0, 0.05) is 19.8 Å². The van der Waals surface area contributed by atoms with E-state index < -0.39 is 5.97 Å². The topological polar surface area (TPSA) is 85.0 Å². The Bertz CT molecular complexity index is 599. The molecule has 2 N–H and O–H groups in total. The van der Waals surface area contributed by atoms with E-state index in [1.165, 1.54) is 0 Å². The molecule has 19 heavy (non-hydrogen) atoms. The van der Waals surface area contributed by atoms with Crippen LogP contribution in [0.3, 0.4) is 0 Å². The summed E-state index contributed by atoms with van der Waals surface area (Å²) < 4.78 is 3.36. The fraction of sp³-hybridized carbons (Fsp3) is 0.417. The molecule has 0 aromatic carbocycles. The summed E-state index contributed by atoms with van der Waals surface area (Å²) in [6.45, 7) is 4.91. The van der Waals surface area contributed by atoms with Crippen molar-refractivity contribution in [1.82, 2.24) is 19.6 Å². The maximum atomic E-state index is 11.2. The molecule has 0 aliphatic carbocycles. The number of carboxylic acids is 1. The summed E-state index contributed by atoms with van der Waals surface area (Å²) in [5.41, 5.74) is 1.83. The molecule has 2 aromatic heterocycles. The zero-order valence-electron chi connectivity index (χ0n) is 11.2. The summed E-state index contributed by atoms with van der Waals surface area (Å²) in [6, 6.07) is 0. The van der Waals surface area contributed by atoms with Crippen molar-refractivity contribution in [3.8, 4) is 0 Å². The van der Waals surface area contributed by atoms with Crippen LogP contribution in [0.15, 0.2) is 12.4 Å². The molecule has 0 fully saturated rings. The molecule has 0 bridgehead atoms. The van der Waals surface area contributed by atoms with Crippen LogP contribution >= 0.6 is 0 Å². The second-order valence-corrected chi connectivity index (χ2v) is 4.45. The predicted molar refractivity (Wildman–Crippen MR) is 70.4 cm³/mol. The number of hydrogen-bond donors (Lipinski definition) is 2. The largest absolute Gasteiger partial charge is 0.477 e. The number of hydrogen-bond acceptors (Lipinski definition) is 4. The van der Waals surface area contributed by atoms with Gasteiger partial charge in [-0.15, -0.1) is 0 Å². The lowest BCUT2D eigenvalue weighted by Crippen LogP contribution is -2.15. The SMILES string of the molecule is Cc1cnn(CCNc2c(C(=O)O)c(C)nn2C)c1. The lowest BCUT2D eigenvalue weighted by Gasteiger charge is -2.08. The maximum Gasteiger partial charge on any atom is 0.341 e. The van der Waals surface area contributed by atoms with Crippen LogP contribution in [-0.2, 0) is 13.6 Å². The Morgan fingerprint density at radius 2 is 2.21 bits per heavy atom. The van der Waals surface area contributed by atoms with Crippen molar-refractivity contribution in [3.05, 3.63) is 29.2 Å². The lowest BCUT2D eigenvalue weighted by atomic mass is 10.2. The number of aromatic nitrogens is 4. The summed E-state index contributed by atoms with van der Waals surface area (Å²) in [5.74, 6) is -0.447. The summed E-state index contributed by atoms with van der Waals surface area (Å²) in [5, 5.41) is 20.6. The van der Waals surface area contributed by atoms with Crippen molar-refractivity contribution in [2.45, 2.75) is 20.4 Å². The minimum absolute atomic E-state index is 0.221. The Balaban J connectivity index is 2.05. The smallest absolute Gasteiger partial charge is 0.341 e. The van der Waals surface area contributed by atoms with Crippen molar-refractivity contribution in [2.75, 3.05) is 11.9 Å². The molecular formula is C12H17N5O2. The summed E-state index contributed by atoms with van der Waals surface area (Å²) in [4.78, 5) is 11.2. The highest BCUT2D eigenvalue weighted by Gasteiger charge is 2.18. The predicted octanol–water partition coefficient (Wildman–Crippen LogP) is 1.04. The first-order valence-corrected chi connectivity index (χ1v) is 5.99. The molecule has 2 heterocycles. The number of aromatic carboxylic acids is 1. The van der Waals surface area contributed by atoms with E-state index in [2.05, 4.69) is 15.5 Å². The van der Waals surface area contributed by atoms with Crippen molar-refractivity contribution in [1.29, 1.82) is 0 Å². The van der Waals surface area contributed by atoms with Gasteiger partial charge in [0.15, 0.2) is 0 Å². The van der Waals surface area contributed by atoms with Crippen molar-refractivity contribution in [2.24, 2.45) is 7.05 Å². The van der Waals surface area contributed by atoms with Gasteiger partial charge in [0.1, 0.15) is 11.4 Å². The molecule has 2 aromatic rings. The van der Waals surface area contributed by atoms with E-state index in [0.717, 1.165) is 5.56 Å². The van der Waals surface area contributed by atoms with Crippen LogP contribution in [0.1, 0.15) is 21.6 Å². The number of rotatable bonds is 5. The van der Waals surface area contributed by atoms with Gasteiger partial charge in [-0.25, -0.2) is 4.79 Å². The highest BCUT2D eigenvalue weighted by molar-refractivity contribution is 5.94. The maximum absolute atomic E-state index is 11.2. The van der Waals surface area contributed by atoms with E-state index in [-0.39, 0.29) is 5.56 Å². The molecule has 0 amide bonds. The van der Waals surface area contributed by atoms with Gasteiger partial charge in [0.2, 0.25) is 0 Å². The first kappa shape index (κ1) is 13.1. The molecule has 0 saturated carbocycles. The molecule has 2 rings (SSSR count). The fourth-order valence-electron chi connectivity index (χ4n) is 2.00. The highest BCUT2D eigenvalue weighted by atomic mass is 16.4. The molecule has 0 spiro atoms. The number of carbonyl (C=O) groups is 1. The highest BCUT2D eigenvalue weighted by Crippen LogP contribution is 2.18. The van der Waals surface area contributed by atoms with Crippen molar-refractivity contribution >= 4 is 11.8 Å². The minimum atomic E-state index is -0.969. The molecular weight excluding hydrogens is 246 g/mol. The van der Waals surface area contributed by atoms with Crippen LogP contribution in [0.25, 0.3) is 0 Å². The van der Waals surface area contributed by atoms with Gasteiger partial charge in [0.25, 0.3) is 0 Å². The number of anilines is 1. The van der Waals surface area contributed by atoms with Crippen LogP contribution in [0.2, 0.25) is 0 Å². The summed E-state index contributed by atoms with van der Waals surface area (Å²) >= 11 is 0. The second kappa shape index (κ2) is 5.13. The van der Waals surface area contributed by atoms with E-state index >= 15 is 0 Å². The molecule has 0 aliphatic heterocycles. The molecule has 0 saturated heterocycles. The van der Waals surface area contributed by atoms with E-state index in [4.69, 9.17) is 5.11 Å². The van der Waals surface area contributed by atoms with Crippen LogP contribution in [0.5, 0.6) is 0 Å². The number of nitrogens with one attached hydrogen (secondary N) is 1. The summed E-state index contributed by atoms with van der Waals surface area (Å²) in [7, 11) is 1.72. The van der Waals surface area contributed by atoms with Gasteiger partial charge < -0.3 is 10.4 Å². The van der Waals surface area contributed by atoms with Crippen molar-refractivity contribution in [3.63, 3.8) is 0 Å². The van der Waals surface area contributed by atoms with Crippen LogP contribution < -0.4 is 5.32 Å². The molecule has 102 valence electrons. The molecule has 7 heteroatoms. The quantitative estimate of drug-likeness (QED) is 0.842. The third kappa shape index (κ3) is 2.75. The fourth-order valence-corrected chi connectivity index (χ4v) is 2.00. The van der Waals surface area contributed by atoms with Crippen LogP contribution in [0.4, 0.5) is 5.82 Å². The summed E-state index contributed by atoms with van der Waals surface area (Å²) in [6.07, 6.45) is 3.73. The Labute approximate surface area is 110 Å². The molecule has 0 radical (unpaired) electrons. The Morgan fingerprint density at radius 3 is 2.79 bits per heavy atom. The van der Waals surface area contributed by atoms with Gasteiger partial charge in [-0.3, -0.25) is 9.36 Å². The number of aryl methyl sites for hydroxylation is 3. The first-order chi connectivity index (χ1) is 8.99. The van der Waals surface area contributed by atoms with E-state index in [1.807, 2.05) is 17.8 Å². The third-order valence-electron chi connectivity index (χ3n) is 2.83. The Morgan fingerprint density at radius 1 is 1.47 bits per heavy atom. The molecule has 0 unspecified atom stereocenters. The lowest BCUT2D eigenvalue weighted by molar-refractivity contribution is 0.0697. The van der Waals surface area contributed by atoms with Crippen molar-refractivity contribution < 1.29 is 9.90 Å². The average Bonchev–Trinajstić information content (AvgIpc) is 2.84. The minimum Gasteiger partial charge on any atom is -0.477 e. The second-order valence-electron chi connectivity index (χ2n) is 4.45. The third-order valence-corrected chi connectivity index (χ3v) is 2.83. The van der Waals surface area contributed by atoms with Crippen LogP contribution in [0, 0.1) is 13.8 Å². The Hall–Kier alpha value is -2.31. The van der Waals surface area contributed by atoms with Gasteiger partial charge in [0.05, 0.1) is 18.4 Å². The standard InChI is InChI=1S/C12H17N5O2/c1-8-6-14-17(7-8)5-4-13-11-10(12(18)19)9(2)15-16(11)3/h6-7,13H,4-5H2,1-3H3,(H,18,19). The van der Waals surface area contributed by atoms with Gasteiger partial charge in [-0.1, -0.05) is 0 Å². The monoisotopic (exact) mass is 263 g/mol. The van der Waals surface area contributed by atoms with E-state index in [1.54, 1.807) is 24.9 Å². The van der Waals surface area contributed by atoms with E-state index in [0.29, 0.717) is 24.6 Å². The zero-order chi connectivity index (χ0) is 14.0. The van der Waals surface area contributed by atoms with Gasteiger partial charge in [-0.2, -0.15) is 10.2 Å². The molecule has 7 nitrogen and oxygen atoms in total. The first-order valence-electron chi connectivity index (χ1n) is 5.99. The van der Waals surface area contributed by atoms with Gasteiger partial charge in [-0.05, 0) is 19.4 Å². The normalized spacial score (nSPS) is 10.7. The van der Waals surface area contributed by atoms with Gasteiger partial charge >= 0.3 is 5.97 Å². The number of nitrogens with zero attached hydrogens (tertiary/aromatic N) is 4. The Kier molecular flexibility index (Phi) is 3.55. The average molecular weight is 263 g/mol. The zero-order valence-corrected chi connectivity index (χ0v) is 11.2. The molecule has 0 atom stereocenters. The molecule has 0 aliphatic rings. The van der Waals surface area contributed by atoms with Crippen LogP contribution in [-0.4, -0.2) is 37.2 Å².